The quantitative estimate of drug-likeness (QED) is 0.570. The maximum atomic E-state index is 11.4. The summed E-state index contributed by atoms with van der Waals surface area (Å²) in [5.74, 6) is -0.114. The van der Waals surface area contributed by atoms with Gasteiger partial charge in [-0.3, -0.25) is 9.69 Å². The van der Waals surface area contributed by atoms with Crippen LogP contribution in [0.2, 0.25) is 0 Å². The van der Waals surface area contributed by atoms with Crippen molar-refractivity contribution in [2.45, 2.75) is 12.5 Å². The van der Waals surface area contributed by atoms with Crippen molar-refractivity contribution in [1.82, 2.24) is 4.90 Å². The molecule has 106 valence electrons. The standard InChI is InChI=1S/C13H18Cl2N2O2/c14-5-7-17(8-6-15)12(13(18)19)9-10-1-3-11(16)4-2-10/h1-4,12H,5-9,16H2,(H,18,19). The molecule has 1 aromatic carbocycles. The fraction of sp³-hybridized carbons (Fsp3) is 0.462. The van der Waals surface area contributed by atoms with Crippen LogP contribution in [0.4, 0.5) is 5.69 Å². The highest BCUT2D eigenvalue weighted by Gasteiger charge is 2.25. The summed E-state index contributed by atoms with van der Waals surface area (Å²) < 4.78 is 0. The number of carbonyl (C=O) groups is 1. The lowest BCUT2D eigenvalue weighted by atomic mass is 10.0. The first kappa shape index (κ1) is 16.1. The first-order valence-corrected chi connectivity index (χ1v) is 7.08. The Morgan fingerprint density at radius 3 is 2.16 bits per heavy atom. The average Bonchev–Trinajstić information content (AvgIpc) is 2.37. The van der Waals surface area contributed by atoms with E-state index >= 15 is 0 Å². The third kappa shape index (κ3) is 5.27. The number of halogens is 2. The van der Waals surface area contributed by atoms with Crippen molar-refractivity contribution in [3.8, 4) is 0 Å². The van der Waals surface area contributed by atoms with E-state index in [1.54, 1.807) is 17.0 Å². The van der Waals surface area contributed by atoms with Crippen molar-refractivity contribution in [3.63, 3.8) is 0 Å². The molecule has 0 heterocycles. The van der Waals surface area contributed by atoms with E-state index in [2.05, 4.69) is 0 Å². The van der Waals surface area contributed by atoms with Crippen LogP contribution in [0, 0.1) is 0 Å². The summed E-state index contributed by atoms with van der Waals surface area (Å²) in [4.78, 5) is 13.2. The van der Waals surface area contributed by atoms with E-state index in [9.17, 15) is 9.90 Å². The highest BCUT2D eigenvalue weighted by molar-refractivity contribution is 6.18. The molecule has 0 aliphatic rings. The third-order valence-electron chi connectivity index (χ3n) is 2.88. The lowest BCUT2D eigenvalue weighted by molar-refractivity contribution is -0.143. The fourth-order valence-corrected chi connectivity index (χ4v) is 2.32. The zero-order valence-electron chi connectivity index (χ0n) is 10.6. The largest absolute Gasteiger partial charge is 0.480 e. The molecule has 1 aromatic rings. The molecule has 19 heavy (non-hydrogen) atoms. The maximum Gasteiger partial charge on any atom is 0.321 e. The molecule has 3 N–H and O–H groups in total. The zero-order chi connectivity index (χ0) is 14.3. The topological polar surface area (TPSA) is 66.6 Å². The average molecular weight is 305 g/mol. The highest BCUT2D eigenvalue weighted by Crippen LogP contribution is 2.12. The lowest BCUT2D eigenvalue weighted by Crippen LogP contribution is -2.44. The molecule has 0 amide bonds. The molecule has 0 radical (unpaired) electrons. The minimum atomic E-state index is -0.868. The SMILES string of the molecule is Nc1ccc(CC(C(=O)O)N(CCCl)CCCl)cc1. The van der Waals surface area contributed by atoms with Gasteiger partial charge in [-0.15, -0.1) is 23.2 Å². The van der Waals surface area contributed by atoms with Crippen LogP contribution in [0.15, 0.2) is 24.3 Å². The molecule has 6 heteroatoms. The monoisotopic (exact) mass is 304 g/mol. The number of nitrogen functional groups attached to an aromatic ring is 1. The van der Waals surface area contributed by atoms with Gasteiger partial charge in [0.05, 0.1) is 0 Å². The molecule has 0 aliphatic carbocycles. The number of hydrogen-bond acceptors (Lipinski definition) is 3. The third-order valence-corrected chi connectivity index (χ3v) is 3.22. The van der Waals surface area contributed by atoms with Crippen LogP contribution < -0.4 is 5.73 Å². The minimum absolute atomic E-state index is 0.377. The van der Waals surface area contributed by atoms with Gasteiger partial charge in [0, 0.05) is 30.5 Å². The van der Waals surface area contributed by atoms with Gasteiger partial charge in [0.1, 0.15) is 6.04 Å². The van der Waals surface area contributed by atoms with Crippen molar-refractivity contribution in [2.75, 3.05) is 30.6 Å². The first-order valence-electron chi connectivity index (χ1n) is 6.01. The lowest BCUT2D eigenvalue weighted by Gasteiger charge is -2.27. The summed E-state index contributed by atoms with van der Waals surface area (Å²) in [5, 5.41) is 9.36. The first-order chi connectivity index (χ1) is 9.08. The molecule has 1 atom stereocenters. The van der Waals surface area contributed by atoms with Gasteiger partial charge in [-0.25, -0.2) is 0 Å². The number of nitrogens with zero attached hydrogens (tertiary/aromatic N) is 1. The number of carboxylic acids is 1. The van der Waals surface area contributed by atoms with E-state index < -0.39 is 12.0 Å². The number of nitrogens with two attached hydrogens (primary N) is 1. The van der Waals surface area contributed by atoms with Gasteiger partial charge >= 0.3 is 5.97 Å². The second-order valence-corrected chi connectivity index (χ2v) is 4.97. The van der Waals surface area contributed by atoms with E-state index in [0.29, 0.717) is 37.0 Å². The maximum absolute atomic E-state index is 11.4. The van der Waals surface area contributed by atoms with E-state index in [-0.39, 0.29) is 0 Å². The summed E-state index contributed by atoms with van der Waals surface area (Å²) >= 11 is 11.4. The molecule has 0 spiro atoms. The Morgan fingerprint density at radius 1 is 1.21 bits per heavy atom. The number of aliphatic carboxylic acids is 1. The van der Waals surface area contributed by atoms with Gasteiger partial charge in [0.2, 0.25) is 0 Å². The molecule has 0 saturated heterocycles. The van der Waals surface area contributed by atoms with E-state index in [1.807, 2.05) is 12.1 Å². The Hall–Kier alpha value is -0.970. The Bertz CT molecular complexity index is 392. The van der Waals surface area contributed by atoms with Crippen LogP contribution in [-0.4, -0.2) is 46.9 Å². The highest BCUT2D eigenvalue weighted by atomic mass is 35.5. The minimum Gasteiger partial charge on any atom is -0.480 e. The second kappa shape index (κ2) is 8.25. The van der Waals surface area contributed by atoms with Crippen molar-refractivity contribution in [2.24, 2.45) is 0 Å². The van der Waals surface area contributed by atoms with Crippen molar-refractivity contribution >= 4 is 34.9 Å². The number of hydrogen-bond donors (Lipinski definition) is 2. The van der Waals surface area contributed by atoms with E-state index in [1.165, 1.54) is 0 Å². The molecule has 4 nitrogen and oxygen atoms in total. The van der Waals surface area contributed by atoms with Crippen molar-refractivity contribution < 1.29 is 9.90 Å². The van der Waals surface area contributed by atoms with Gasteiger partial charge < -0.3 is 10.8 Å². The normalized spacial score (nSPS) is 12.6. The molecular weight excluding hydrogens is 287 g/mol. The molecule has 0 saturated carbocycles. The molecular formula is C13H18Cl2N2O2. The Morgan fingerprint density at radius 2 is 1.74 bits per heavy atom. The van der Waals surface area contributed by atoms with Crippen LogP contribution in [0.25, 0.3) is 0 Å². The smallest absolute Gasteiger partial charge is 0.321 e. The van der Waals surface area contributed by atoms with Gasteiger partial charge in [0.25, 0.3) is 0 Å². The van der Waals surface area contributed by atoms with Gasteiger partial charge in [0.15, 0.2) is 0 Å². The van der Waals surface area contributed by atoms with Crippen molar-refractivity contribution in [3.05, 3.63) is 29.8 Å². The number of rotatable bonds is 8. The van der Waals surface area contributed by atoms with E-state index in [0.717, 1.165) is 5.56 Å². The van der Waals surface area contributed by atoms with Gasteiger partial charge in [-0.05, 0) is 24.1 Å². The summed E-state index contributed by atoms with van der Waals surface area (Å²) in [5.41, 5.74) is 7.20. The molecule has 1 rings (SSSR count). The van der Waals surface area contributed by atoms with Crippen LogP contribution in [0.3, 0.4) is 0 Å². The number of benzene rings is 1. The summed E-state index contributed by atoms with van der Waals surface area (Å²) in [6.45, 7) is 1.00. The molecule has 1 unspecified atom stereocenters. The molecule has 0 aromatic heterocycles. The summed E-state index contributed by atoms with van der Waals surface area (Å²) in [6.07, 6.45) is 0.406. The van der Waals surface area contributed by atoms with Crippen LogP contribution in [-0.2, 0) is 11.2 Å². The van der Waals surface area contributed by atoms with Gasteiger partial charge in [-0.1, -0.05) is 12.1 Å². The fourth-order valence-electron chi connectivity index (χ4n) is 1.89. The number of anilines is 1. The summed E-state index contributed by atoms with van der Waals surface area (Å²) in [7, 11) is 0. The molecule has 0 aliphatic heterocycles. The Balaban J connectivity index is 2.80. The van der Waals surface area contributed by atoms with E-state index in [4.69, 9.17) is 28.9 Å². The number of carboxylic acid groups (broad SMARTS) is 1. The predicted molar refractivity (Wildman–Crippen MR) is 79.0 cm³/mol. The Labute approximate surface area is 123 Å². The van der Waals surface area contributed by atoms with Crippen LogP contribution >= 0.6 is 23.2 Å². The zero-order valence-corrected chi connectivity index (χ0v) is 12.1. The molecule has 0 fully saturated rings. The second-order valence-electron chi connectivity index (χ2n) is 4.21. The number of alkyl halides is 2. The summed E-state index contributed by atoms with van der Waals surface area (Å²) in [6, 6.07) is 6.58. The van der Waals surface area contributed by atoms with Crippen LogP contribution in [0.1, 0.15) is 5.56 Å². The predicted octanol–water partition coefficient (Wildman–Crippen LogP) is 2.04. The molecule has 0 bridgehead atoms. The van der Waals surface area contributed by atoms with Crippen molar-refractivity contribution in [1.29, 1.82) is 0 Å². The Kier molecular flexibility index (Phi) is 6.99. The van der Waals surface area contributed by atoms with Gasteiger partial charge in [-0.2, -0.15) is 0 Å². The van der Waals surface area contributed by atoms with Crippen LogP contribution in [0.5, 0.6) is 0 Å².